The molecule has 0 fully saturated rings. The molecule has 8 nitrogen and oxygen atoms in total. The molecule has 1 amide bonds. The number of benzene rings is 2. The molecule has 1 aromatic heterocycles. The Hall–Kier alpha value is -3.72. The number of hydrogen-bond donors (Lipinski definition) is 1. The average molecular weight is 413 g/mol. The molecule has 0 bridgehead atoms. The number of esters is 1. The molecule has 0 saturated carbocycles. The van der Waals surface area contributed by atoms with Crippen LogP contribution in [0.2, 0.25) is 0 Å². The van der Waals surface area contributed by atoms with Crippen molar-refractivity contribution in [3.05, 3.63) is 71.8 Å². The summed E-state index contributed by atoms with van der Waals surface area (Å²) >= 11 is 0. The lowest BCUT2D eigenvalue weighted by Gasteiger charge is -2.10. The number of nitrogens with one attached hydrogen (secondary N) is 1. The molecule has 0 spiro atoms. The predicted octanol–water partition coefficient (Wildman–Crippen LogP) is 3.08. The van der Waals surface area contributed by atoms with E-state index >= 15 is 0 Å². The van der Waals surface area contributed by atoms with E-state index in [1.165, 1.54) is 25.0 Å². The zero-order valence-electron chi connectivity index (χ0n) is 16.4. The minimum atomic E-state index is -0.781. The number of methoxy groups -OCH3 is 2. The Labute approximate surface area is 172 Å². The van der Waals surface area contributed by atoms with Crippen LogP contribution in [0.1, 0.15) is 20.8 Å². The van der Waals surface area contributed by atoms with Gasteiger partial charge in [0, 0.05) is 7.11 Å². The fourth-order valence-corrected chi connectivity index (χ4v) is 2.65. The lowest BCUT2D eigenvalue weighted by molar-refractivity contribution is 0.0601. The molecule has 30 heavy (non-hydrogen) atoms. The van der Waals surface area contributed by atoms with E-state index in [-0.39, 0.29) is 29.3 Å². The summed E-state index contributed by atoms with van der Waals surface area (Å²) < 4.78 is 30.3. The second-order valence-electron chi connectivity index (χ2n) is 6.10. The van der Waals surface area contributed by atoms with Crippen molar-refractivity contribution in [2.75, 3.05) is 32.8 Å². The first-order valence-electron chi connectivity index (χ1n) is 8.99. The third-order valence-corrected chi connectivity index (χ3v) is 4.10. The molecule has 0 aliphatic rings. The first kappa shape index (κ1) is 21.0. The lowest BCUT2D eigenvalue weighted by Crippen LogP contribution is -2.18. The van der Waals surface area contributed by atoms with Crippen LogP contribution < -0.4 is 10.1 Å². The van der Waals surface area contributed by atoms with Crippen LogP contribution in [0.5, 0.6) is 5.75 Å². The van der Waals surface area contributed by atoms with E-state index in [1.54, 1.807) is 6.20 Å². The molecular formula is C21H20FN3O5. The van der Waals surface area contributed by atoms with Gasteiger partial charge in [0.05, 0.1) is 36.9 Å². The highest BCUT2D eigenvalue weighted by Crippen LogP contribution is 2.23. The zero-order chi connectivity index (χ0) is 21.5. The Morgan fingerprint density at radius 2 is 1.87 bits per heavy atom. The average Bonchev–Trinajstić information content (AvgIpc) is 3.19. The van der Waals surface area contributed by atoms with Gasteiger partial charge in [0.1, 0.15) is 12.4 Å². The molecule has 0 unspecified atom stereocenters. The van der Waals surface area contributed by atoms with Crippen LogP contribution in [0.25, 0.3) is 5.69 Å². The summed E-state index contributed by atoms with van der Waals surface area (Å²) in [6, 6.07) is 12.6. The molecule has 2 aromatic carbocycles. The SMILES string of the molecule is COCCOc1cn(-c2ccccc2)nc1C(=O)Nc1ccc(F)cc1C(=O)OC. The van der Waals surface area contributed by atoms with Crippen LogP contribution in [0, 0.1) is 5.82 Å². The maximum atomic E-state index is 13.6. The Kier molecular flexibility index (Phi) is 6.76. The van der Waals surface area contributed by atoms with Crippen LogP contribution in [0.15, 0.2) is 54.7 Å². The number of amides is 1. The van der Waals surface area contributed by atoms with Crippen molar-refractivity contribution in [1.29, 1.82) is 0 Å². The Balaban J connectivity index is 1.93. The van der Waals surface area contributed by atoms with E-state index in [1.807, 2.05) is 30.3 Å². The number of hydrogen-bond acceptors (Lipinski definition) is 6. The van der Waals surface area contributed by atoms with Gasteiger partial charge < -0.3 is 19.5 Å². The topological polar surface area (TPSA) is 91.7 Å². The van der Waals surface area contributed by atoms with Gasteiger partial charge in [0.15, 0.2) is 11.4 Å². The highest BCUT2D eigenvalue weighted by molar-refractivity contribution is 6.08. The molecule has 0 saturated heterocycles. The molecule has 0 atom stereocenters. The molecule has 0 aliphatic carbocycles. The second-order valence-corrected chi connectivity index (χ2v) is 6.10. The number of para-hydroxylation sites is 1. The Morgan fingerprint density at radius 3 is 2.57 bits per heavy atom. The number of carbonyl (C=O) groups is 2. The maximum Gasteiger partial charge on any atom is 0.340 e. The van der Waals surface area contributed by atoms with E-state index in [9.17, 15) is 14.0 Å². The van der Waals surface area contributed by atoms with Crippen LogP contribution in [0.3, 0.4) is 0 Å². The highest BCUT2D eigenvalue weighted by atomic mass is 19.1. The fourth-order valence-electron chi connectivity index (χ4n) is 2.65. The van der Waals surface area contributed by atoms with E-state index in [0.29, 0.717) is 6.61 Å². The van der Waals surface area contributed by atoms with E-state index in [4.69, 9.17) is 9.47 Å². The molecular weight excluding hydrogens is 393 g/mol. The summed E-state index contributed by atoms with van der Waals surface area (Å²) in [5, 5.41) is 6.89. The van der Waals surface area contributed by atoms with Gasteiger partial charge in [0.2, 0.25) is 0 Å². The number of rotatable bonds is 8. The van der Waals surface area contributed by atoms with Crippen LogP contribution in [-0.2, 0) is 9.47 Å². The maximum absolute atomic E-state index is 13.6. The monoisotopic (exact) mass is 413 g/mol. The van der Waals surface area contributed by atoms with E-state index in [0.717, 1.165) is 17.8 Å². The van der Waals surface area contributed by atoms with Crippen molar-refractivity contribution >= 4 is 17.6 Å². The van der Waals surface area contributed by atoms with Crippen molar-refractivity contribution in [3.63, 3.8) is 0 Å². The van der Waals surface area contributed by atoms with E-state index < -0.39 is 17.7 Å². The number of ether oxygens (including phenoxy) is 3. The summed E-state index contributed by atoms with van der Waals surface area (Å²) in [6.07, 6.45) is 1.58. The van der Waals surface area contributed by atoms with Crippen molar-refractivity contribution in [3.8, 4) is 11.4 Å². The molecule has 3 aromatic rings. The molecule has 9 heteroatoms. The van der Waals surface area contributed by atoms with Gasteiger partial charge in [0.25, 0.3) is 5.91 Å². The van der Waals surface area contributed by atoms with Crippen LogP contribution in [0.4, 0.5) is 10.1 Å². The summed E-state index contributed by atoms with van der Waals surface area (Å²) in [4.78, 5) is 24.9. The number of anilines is 1. The third-order valence-electron chi connectivity index (χ3n) is 4.10. The van der Waals surface area contributed by atoms with Gasteiger partial charge in [-0.3, -0.25) is 4.79 Å². The number of nitrogens with zero attached hydrogens (tertiary/aromatic N) is 2. The number of halogens is 1. The second kappa shape index (κ2) is 9.66. The minimum Gasteiger partial charge on any atom is -0.487 e. The van der Waals surface area contributed by atoms with E-state index in [2.05, 4.69) is 15.2 Å². The van der Waals surface area contributed by atoms with Crippen LogP contribution >= 0.6 is 0 Å². The van der Waals surface area contributed by atoms with Gasteiger partial charge in [-0.05, 0) is 30.3 Å². The Morgan fingerprint density at radius 1 is 1.10 bits per heavy atom. The standard InChI is InChI=1S/C21H20FN3O5/c1-28-10-11-30-18-13-25(15-6-4-3-5-7-15)24-19(18)20(26)23-17-9-8-14(22)12-16(17)21(27)29-2/h3-9,12-13H,10-11H2,1-2H3,(H,23,26). The van der Waals surface area contributed by atoms with Gasteiger partial charge >= 0.3 is 5.97 Å². The van der Waals surface area contributed by atoms with Crippen molar-refractivity contribution in [2.45, 2.75) is 0 Å². The third kappa shape index (κ3) is 4.81. The first-order chi connectivity index (χ1) is 14.5. The molecule has 0 radical (unpaired) electrons. The van der Waals surface area contributed by atoms with Gasteiger partial charge in [-0.2, -0.15) is 5.10 Å². The summed E-state index contributed by atoms with van der Waals surface area (Å²) in [6.45, 7) is 0.531. The number of carbonyl (C=O) groups excluding carboxylic acids is 2. The Bertz CT molecular complexity index is 1040. The first-order valence-corrected chi connectivity index (χ1v) is 8.99. The normalized spacial score (nSPS) is 10.5. The minimum absolute atomic E-state index is 0.00454. The molecule has 156 valence electrons. The summed E-state index contributed by atoms with van der Waals surface area (Å²) in [5.74, 6) is -1.81. The predicted molar refractivity (Wildman–Crippen MR) is 107 cm³/mol. The summed E-state index contributed by atoms with van der Waals surface area (Å²) in [7, 11) is 2.70. The van der Waals surface area contributed by atoms with Gasteiger partial charge in [-0.1, -0.05) is 18.2 Å². The van der Waals surface area contributed by atoms with Crippen molar-refractivity contribution < 1.29 is 28.2 Å². The highest BCUT2D eigenvalue weighted by Gasteiger charge is 2.22. The zero-order valence-corrected chi connectivity index (χ0v) is 16.4. The summed E-state index contributed by atoms with van der Waals surface area (Å²) in [5.41, 5.74) is 0.695. The fraction of sp³-hybridized carbons (Fsp3) is 0.190. The molecule has 0 aliphatic heterocycles. The van der Waals surface area contributed by atoms with Crippen LogP contribution in [-0.4, -0.2) is 49.1 Å². The molecule has 3 rings (SSSR count). The quantitative estimate of drug-likeness (QED) is 0.451. The molecule has 1 heterocycles. The smallest absolute Gasteiger partial charge is 0.340 e. The van der Waals surface area contributed by atoms with Crippen molar-refractivity contribution in [2.24, 2.45) is 0 Å². The largest absolute Gasteiger partial charge is 0.487 e. The van der Waals surface area contributed by atoms with Gasteiger partial charge in [-0.25, -0.2) is 13.9 Å². The van der Waals surface area contributed by atoms with Crippen molar-refractivity contribution in [1.82, 2.24) is 9.78 Å². The molecule has 1 N–H and O–H groups in total. The van der Waals surface area contributed by atoms with Gasteiger partial charge in [-0.15, -0.1) is 0 Å². The lowest BCUT2D eigenvalue weighted by atomic mass is 10.1. The number of aromatic nitrogens is 2.